The Kier molecular flexibility index (Phi) is 4.66. The summed E-state index contributed by atoms with van der Waals surface area (Å²) in [5.41, 5.74) is -0.813. The van der Waals surface area contributed by atoms with E-state index in [0.29, 0.717) is 19.4 Å². The molecule has 2 atom stereocenters. The van der Waals surface area contributed by atoms with Crippen LogP contribution in [0.5, 0.6) is 0 Å². The average molecular weight is 309 g/mol. The fourth-order valence-corrected chi connectivity index (χ4v) is 3.41. The van der Waals surface area contributed by atoms with Crippen molar-refractivity contribution in [1.29, 1.82) is 0 Å². The van der Waals surface area contributed by atoms with Crippen molar-refractivity contribution >= 4 is 23.2 Å². The number of thiazole rings is 1. The van der Waals surface area contributed by atoms with E-state index in [2.05, 4.69) is 17.2 Å². The number of aromatic nitrogens is 1. The standard InChI is InChI=1S/C15H23N3O2S/c1-5-11-9-16-13(21-11)10(3)18-8-7-12(19)17-15(4,6-2)14(18)20/h9-10H,5-8H2,1-4H3,(H,17,19). The van der Waals surface area contributed by atoms with Gasteiger partial charge in [0, 0.05) is 24.0 Å². The first-order valence-electron chi connectivity index (χ1n) is 7.48. The summed E-state index contributed by atoms with van der Waals surface area (Å²) in [7, 11) is 0. The maximum Gasteiger partial charge on any atom is 0.248 e. The predicted octanol–water partition coefficient (Wildman–Crippen LogP) is 2.28. The quantitative estimate of drug-likeness (QED) is 0.928. The predicted molar refractivity (Wildman–Crippen MR) is 83.1 cm³/mol. The second-order valence-electron chi connectivity index (χ2n) is 5.68. The van der Waals surface area contributed by atoms with E-state index in [9.17, 15) is 9.59 Å². The van der Waals surface area contributed by atoms with Gasteiger partial charge < -0.3 is 10.2 Å². The molecule has 5 nitrogen and oxygen atoms in total. The third kappa shape index (κ3) is 3.10. The van der Waals surface area contributed by atoms with E-state index in [4.69, 9.17) is 0 Å². The van der Waals surface area contributed by atoms with E-state index in [1.54, 1.807) is 23.2 Å². The number of aryl methyl sites for hydroxylation is 1. The van der Waals surface area contributed by atoms with Gasteiger partial charge in [-0.1, -0.05) is 13.8 Å². The number of amides is 2. The van der Waals surface area contributed by atoms with Gasteiger partial charge in [-0.2, -0.15) is 0 Å². The average Bonchev–Trinajstić information content (AvgIpc) is 2.91. The molecule has 0 aliphatic carbocycles. The first-order valence-corrected chi connectivity index (χ1v) is 8.29. The number of carbonyl (C=O) groups excluding carboxylic acids is 2. The Morgan fingerprint density at radius 3 is 2.76 bits per heavy atom. The van der Waals surface area contributed by atoms with Crippen LogP contribution in [0.3, 0.4) is 0 Å². The summed E-state index contributed by atoms with van der Waals surface area (Å²) in [4.78, 5) is 32.1. The minimum atomic E-state index is -0.813. The zero-order chi connectivity index (χ0) is 15.6. The van der Waals surface area contributed by atoms with Crippen LogP contribution in [0, 0.1) is 0 Å². The molecule has 116 valence electrons. The van der Waals surface area contributed by atoms with Gasteiger partial charge in [-0.3, -0.25) is 9.59 Å². The van der Waals surface area contributed by atoms with Gasteiger partial charge in [0.25, 0.3) is 0 Å². The first kappa shape index (κ1) is 15.9. The molecule has 0 aromatic carbocycles. The zero-order valence-corrected chi connectivity index (χ0v) is 13.9. The first-order chi connectivity index (χ1) is 9.91. The highest BCUT2D eigenvalue weighted by Crippen LogP contribution is 2.29. The number of nitrogens with zero attached hydrogens (tertiary/aromatic N) is 2. The van der Waals surface area contributed by atoms with E-state index in [-0.39, 0.29) is 17.9 Å². The summed E-state index contributed by atoms with van der Waals surface area (Å²) in [6.07, 6.45) is 3.75. The number of carbonyl (C=O) groups is 2. The van der Waals surface area contributed by atoms with E-state index in [1.165, 1.54) is 4.88 Å². The second kappa shape index (κ2) is 6.13. The van der Waals surface area contributed by atoms with Crippen LogP contribution in [-0.2, 0) is 16.0 Å². The molecular weight excluding hydrogens is 286 g/mol. The van der Waals surface area contributed by atoms with E-state index in [0.717, 1.165) is 11.4 Å². The largest absolute Gasteiger partial charge is 0.342 e. The fraction of sp³-hybridized carbons (Fsp3) is 0.667. The molecular formula is C15H23N3O2S. The van der Waals surface area contributed by atoms with Crippen LogP contribution in [-0.4, -0.2) is 33.8 Å². The van der Waals surface area contributed by atoms with Gasteiger partial charge in [0.1, 0.15) is 10.5 Å². The molecule has 2 rings (SSSR count). The number of rotatable bonds is 4. The number of nitrogens with one attached hydrogen (secondary N) is 1. The Labute approximate surface area is 129 Å². The smallest absolute Gasteiger partial charge is 0.248 e. The molecule has 1 aromatic heterocycles. The Hall–Kier alpha value is -1.43. The molecule has 1 aliphatic heterocycles. The van der Waals surface area contributed by atoms with Crippen molar-refractivity contribution < 1.29 is 9.59 Å². The van der Waals surface area contributed by atoms with Crippen LogP contribution < -0.4 is 5.32 Å². The summed E-state index contributed by atoms with van der Waals surface area (Å²) >= 11 is 1.64. The van der Waals surface area contributed by atoms with Gasteiger partial charge in [-0.25, -0.2) is 4.98 Å². The lowest BCUT2D eigenvalue weighted by molar-refractivity contribution is -0.140. The molecule has 21 heavy (non-hydrogen) atoms. The van der Waals surface area contributed by atoms with Crippen molar-refractivity contribution in [3.8, 4) is 0 Å². The lowest BCUT2D eigenvalue weighted by atomic mass is 9.96. The SMILES string of the molecule is CCc1cnc(C(C)N2CCC(=O)NC(C)(CC)C2=O)s1. The van der Waals surface area contributed by atoms with Gasteiger partial charge in [0.2, 0.25) is 11.8 Å². The number of hydrogen-bond acceptors (Lipinski definition) is 4. The zero-order valence-electron chi connectivity index (χ0n) is 13.1. The van der Waals surface area contributed by atoms with Crippen molar-refractivity contribution in [2.24, 2.45) is 0 Å². The van der Waals surface area contributed by atoms with Crippen LogP contribution in [0.15, 0.2) is 6.20 Å². The molecule has 1 fully saturated rings. The molecule has 1 aromatic rings. The number of hydrogen-bond donors (Lipinski definition) is 1. The maximum absolute atomic E-state index is 12.8. The van der Waals surface area contributed by atoms with Crippen LogP contribution in [0.2, 0.25) is 0 Å². The second-order valence-corrected chi connectivity index (χ2v) is 6.82. The Bertz CT molecular complexity index is 543. The van der Waals surface area contributed by atoms with Crippen LogP contribution in [0.4, 0.5) is 0 Å². The van der Waals surface area contributed by atoms with Crippen molar-refractivity contribution in [2.45, 2.75) is 58.5 Å². The van der Waals surface area contributed by atoms with Gasteiger partial charge in [-0.15, -0.1) is 11.3 Å². The Balaban J connectivity index is 2.28. The fourth-order valence-electron chi connectivity index (χ4n) is 2.49. The minimum absolute atomic E-state index is 0.0170. The molecule has 2 unspecified atom stereocenters. The monoisotopic (exact) mass is 309 g/mol. The summed E-state index contributed by atoms with van der Waals surface area (Å²) in [5.74, 6) is -0.0765. The molecule has 0 saturated carbocycles. The van der Waals surface area contributed by atoms with E-state index >= 15 is 0 Å². The lowest BCUT2D eigenvalue weighted by Gasteiger charge is -2.34. The van der Waals surface area contributed by atoms with E-state index < -0.39 is 5.54 Å². The highest BCUT2D eigenvalue weighted by molar-refractivity contribution is 7.11. The molecule has 0 bridgehead atoms. The van der Waals surface area contributed by atoms with Crippen molar-refractivity contribution in [2.75, 3.05) is 6.54 Å². The van der Waals surface area contributed by atoms with Crippen LogP contribution in [0.25, 0.3) is 0 Å². The minimum Gasteiger partial charge on any atom is -0.342 e. The molecule has 0 radical (unpaired) electrons. The van der Waals surface area contributed by atoms with Gasteiger partial charge in [-0.05, 0) is 26.7 Å². The van der Waals surface area contributed by atoms with Crippen molar-refractivity contribution in [1.82, 2.24) is 15.2 Å². The summed E-state index contributed by atoms with van der Waals surface area (Å²) in [6.45, 7) is 8.25. The summed E-state index contributed by atoms with van der Waals surface area (Å²) in [6, 6.07) is -0.0959. The third-order valence-electron chi connectivity index (χ3n) is 4.18. The maximum atomic E-state index is 12.8. The highest BCUT2D eigenvalue weighted by Gasteiger charge is 2.41. The Morgan fingerprint density at radius 2 is 2.19 bits per heavy atom. The summed E-state index contributed by atoms with van der Waals surface area (Å²) in [5, 5.41) is 3.80. The van der Waals surface area contributed by atoms with Crippen molar-refractivity contribution in [3.63, 3.8) is 0 Å². The van der Waals surface area contributed by atoms with Gasteiger partial charge >= 0.3 is 0 Å². The molecule has 2 heterocycles. The van der Waals surface area contributed by atoms with Crippen molar-refractivity contribution in [3.05, 3.63) is 16.1 Å². The lowest BCUT2D eigenvalue weighted by Crippen LogP contribution is -2.55. The van der Waals surface area contributed by atoms with E-state index in [1.807, 2.05) is 20.0 Å². The van der Waals surface area contributed by atoms with Crippen LogP contribution in [0.1, 0.15) is 56.5 Å². The molecule has 1 N–H and O–H groups in total. The highest BCUT2D eigenvalue weighted by atomic mass is 32.1. The van der Waals surface area contributed by atoms with Gasteiger partial charge in [0.15, 0.2) is 0 Å². The Morgan fingerprint density at radius 1 is 1.48 bits per heavy atom. The van der Waals surface area contributed by atoms with Gasteiger partial charge in [0.05, 0.1) is 6.04 Å². The third-order valence-corrected chi connectivity index (χ3v) is 5.49. The normalized spacial score (nSPS) is 24.7. The topological polar surface area (TPSA) is 62.3 Å². The molecule has 1 aliphatic rings. The van der Waals surface area contributed by atoms with Crippen LogP contribution >= 0.6 is 11.3 Å². The molecule has 0 spiro atoms. The molecule has 6 heteroatoms. The summed E-state index contributed by atoms with van der Waals surface area (Å²) < 4.78 is 0. The molecule has 1 saturated heterocycles. The molecule has 2 amide bonds.